The number of hydrogen-bond donors (Lipinski definition) is 1. The summed E-state index contributed by atoms with van der Waals surface area (Å²) in [4.78, 5) is 32.7. The van der Waals surface area contributed by atoms with Crippen molar-refractivity contribution in [1.82, 2.24) is 9.80 Å². The predicted octanol–water partition coefficient (Wildman–Crippen LogP) is 11.6. The van der Waals surface area contributed by atoms with Gasteiger partial charge in [-0.2, -0.15) is 0 Å². The van der Waals surface area contributed by atoms with Crippen LogP contribution in [0, 0.1) is 17.3 Å². The van der Waals surface area contributed by atoms with Crippen LogP contribution in [-0.4, -0.2) is 80.3 Å². The van der Waals surface area contributed by atoms with Gasteiger partial charge in [-0.15, -0.1) is 0 Å². The van der Waals surface area contributed by atoms with Gasteiger partial charge in [-0.05, 0) is 102 Å². The van der Waals surface area contributed by atoms with E-state index in [1.165, 1.54) is 142 Å². The number of piperidine rings is 2. The van der Waals surface area contributed by atoms with E-state index in [-0.39, 0.29) is 29.8 Å². The highest BCUT2D eigenvalue weighted by molar-refractivity contribution is 5.73. The molecule has 2 heterocycles. The van der Waals surface area contributed by atoms with Gasteiger partial charge in [0.05, 0.1) is 17.9 Å². The van der Waals surface area contributed by atoms with E-state index in [1.54, 1.807) is 0 Å². The van der Waals surface area contributed by atoms with Crippen molar-refractivity contribution >= 4 is 11.9 Å². The summed E-state index contributed by atoms with van der Waals surface area (Å²) in [6, 6.07) is -0.0792. The van der Waals surface area contributed by atoms with Crippen LogP contribution in [0.2, 0.25) is 0 Å². The fraction of sp³-hybridized carbons (Fsp3) is 0.957. The van der Waals surface area contributed by atoms with Gasteiger partial charge in [0.2, 0.25) is 0 Å². The standard InChI is InChI=1S/C47H91N3O4/c1-5-9-13-17-19-23-28-42(26-21-15-11-7-3)45(51)53-40-44(50-38-32-47(33-39-50)30-36-49(37-31-47)35-25-34-48)41-54-46(52)43(27-22-16-12-8-4)29-24-20-18-14-10-6-2/h42-44H,5-41,48H2,1-4H3. The summed E-state index contributed by atoms with van der Waals surface area (Å²) in [5.41, 5.74) is 6.21. The van der Waals surface area contributed by atoms with Crippen molar-refractivity contribution in [3.8, 4) is 0 Å². The van der Waals surface area contributed by atoms with Gasteiger partial charge in [-0.3, -0.25) is 14.5 Å². The highest BCUT2D eigenvalue weighted by Gasteiger charge is 2.39. The molecule has 2 unspecified atom stereocenters. The summed E-state index contributed by atoms with van der Waals surface area (Å²) in [5.74, 6) is -0.0801. The van der Waals surface area contributed by atoms with Crippen molar-refractivity contribution in [2.24, 2.45) is 23.0 Å². The van der Waals surface area contributed by atoms with Gasteiger partial charge in [0.1, 0.15) is 13.2 Å². The van der Waals surface area contributed by atoms with Crippen LogP contribution in [0.15, 0.2) is 0 Å². The van der Waals surface area contributed by atoms with Gasteiger partial charge in [-0.1, -0.05) is 156 Å². The van der Waals surface area contributed by atoms with Crippen LogP contribution in [0.5, 0.6) is 0 Å². The molecule has 2 rings (SSSR count). The Kier molecular flexibility index (Phi) is 28.9. The Morgan fingerprint density at radius 2 is 0.870 bits per heavy atom. The number of likely N-dealkylation sites (tertiary alicyclic amines) is 2. The Labute approximate surface area is 335 Å². The lowest BCUT2D eigenvalue weighted by molar-refractivity contribution is -0.156. The van der Waals surface area contributed by atoms with Crippen LogP contribution < -0.4 is 5.73 Å². The molecule has 2 aliphatic heterocycles. The lowest BCUT2D eigenvalue weighted by atomic mass is 9.71. The van der Waals surface area contributed by atoms with Crippen LogP contribution in [0.1, 0.15) is 214 Å². The van der Waals surface area contributed by atoms with Crippen molar-refractivity contribution in [2.75, 3.05) is 52.5 Å². The first-order valence-electron chi connectivity index (χ1n) is 23.9. The molecule has 0 aliphatic carbocycles. The smallest absolute Gasteiger partial charge is 0.308 e. The molecule has 1 spiro atoms. The van der Waals surface area contributed by atoms with E-state index in [0.29, 0.717) is 18.6 Å². The summed E-state index contributed by atoms with van der Waals surface area (Å²) < 4.78 is 12.5. The van der Waals surface area contributed by atoms with Crippen LogP contribution in [0.25, 0.3) is 0 Å². The Morgan fingerprint density at radius 1 is 0.519 bits per heavy atom. The molecule has 54 heavy (non-hydrogen) atoms. The minimum atomic E-state index is -0.0792. The molecule has 7 nitrogen and oxygen atoms in total. The highest BCUT2D eigenvalue weighted by atomic mass is 16.5. The quantitative estimate of drug-likeness (QED) is 0.0516. The number of carbonyl (C=O) groups is 2. The van der Waals surface area contributed by atoms with Crippen molar-refractivity contribution < 1.29 is 19.1 Å². The minimum Gasteiger partial charge on any atom is -0.464 e. The monoisotopic (exact) mass is 762 g/mol. The number of ether oxygens (including phenoxy) is 2. The molecule has 2 aliphatic rings. The van der Waals surface area contributed by atoms with Crippen LogP contribution in [0.4, 0.5) is 0 Å². The lowest BCUT2D eigenvalue weighted by Crippen LogP contribution is -2.52. The molecule has 7 heteroatoms. The molecule has 0 aromatic rings. The number of carbonyl (C=O) groups excluding carboxylic acids is 2. The first-order valence-corrected chi connectivity index (χ1v) is 23.9. The SMILES string of the molecule is CCCCCCCCC(CCCCCC)C(=O)OCC(COC(=O)C(CCCCCC)CCCCCCCC)N1CCC2(CCN(CCCN)CC2)CC1. The zero-order chi connectivity index (χ0) is 39.1. The van der Waals surface area contributed by atoms with E-state index >= 15 is 0 Å². The molecular weight excluding hydrogens is 671 g/mol. The number of nitrogens with two attached hydrogens (primary N) is 1. The fourth-order valence-electron chi connectivity index (χ4n) is 9.02. The third-order valence-corrected chi connectivity index (χ3v) is 13.1. The molecule has 0 aromatic carbocycles. The third kappa shape index (κ3) is 21.4. The first-order chi connectivity index (χ1) is 26.4. The molecule has 0 radical (unpaired) electrons. The van der Waals surface area contributed by atoms with Crippen LogP contribution in [0.3, 0.4) is 0 Å². The highest BCUT2D eigenvalue weighted by Crippen LogP contribution is 2.41. The Balaban J connectivity index is 2.07. The summed E-state index contributed by atoms with van der Waals surface area (Å²) >= 11 is 0. The second kappa shape index (κ2) is 31.9. The third-order valence-electron chi connectivity index (χ3n) is 13.1. The molecule has 0 saturated carbocycles. The summed E-state index contributed by atoms with van der Waals surface area (Å²) in [7, 11) is 0. The number of unbranched alkanes of at least 4 members (excludes halogenated alkanes) is 16. The average molecular weight is 762 g/mol. The fourth-order valence-corrected chi connectivity index (χ4v) is 9.02. The van der Waals surface area contributed by atoms with Crippen molar-refractivity contribution in [3.63, 3.8) is 0 Å². The second-order valence-electron chi connectivity index (χ2n) is 17.6. The van der Waals surface area contributed by atoms with Gasteiger partial charge < -0.3 is 20.1 Å². The van der Waals surface area contributed by atoms with Gasteiger partial charge in [0.15, 0.2) is 0 Å². The maximum Gasteiger partial charge on any atom is 0.308 e. The van der Waals surface area contributed by atoms with Gasteiger partial charge in [-0.25, -0.2) is 0 Å². The molecule has 0 bridgehead atoms. The number of rotatable bonds is 34. The van der Waals surface area contributed by atoms with Crippen molar-refractivity contribution in [2.45, 2.75) is 220 Å². The van der Waals surface area contributed by atoms with Crippen LogP contribution in [-0.2, 0) is 19.1 Å². The van der Waals surface area contributed by atoms with E-state index in [1.807, 2.05) is 0 Å². The van der Waals surface area contributed by atoms with E-state index in [4.69, 9.17) is 15.2 Å². The molecule has 2 atom stereocenters. The summed E-state index contributed by atoms with van der Waals surface area (Å²) in [6.45, 7) is 15.9. The maximum absolute atomic E-state index is 13.8. The predicted molar refractivity (Wildman–Crippen MR) is 229 cm³/mol. The lowest BCUT2D eigenvalue weighted by Gasteiger charge is -2.48. The van der Waals surface area contributed by atoms with Crippen LogP contribution >= 0.6 is 0 Å². The van der Waals surface area contributed by atoms with Gasteiger partial charge in [0, 0.05) is 0 Å². The molecular formula is C47H91N3O4. The Hall–Kier alpha value is -1.18. The van der Waals surface area contributed by atoms with Crippen molar-refractivity contribution in [3.05, 3.63) is 0 Å². The minimum absolute atomic E-state index is 0.0184. The zero-order valence-electron chi connectivity index (χ0n) is 36.5. The molecule has 2 fully saturated rings. The molecule has 318 valence electrons. The summed E-state index contributed by atoms with van der Waals surface area (Å²) in [6.07, 6.45) is 34.0. The molecule has 2 N–H and O–H groups in total. The Bertz CT molecular complexity index is 849. The first kappa shape index (κ1) is 49.0. The van der Waals surface area contributed by atoms with Gasteiger partial charge >= 0.3 is 11.9 Å². The van der Waals surface area contributed by atoms with Crippen molar-refractivity contribution in [1.29, 1.82) is 0 Å². The number of hydrogen-bond acceptors (Lipinski definition) is 7. The van der Waals surface area contributed by atoms with E-state index in [0.717, 1.165) is 84.0 Å². The van der Waals surface area contributed by atoms with E-state index < -0.39 is 0 Å². The molecule has 2 saturated heterocycles. The van der Waals surface area contributed by atoms with E-state index in [9.17, 15) is 9.59 Å². The normalized spacial score (nSPS) is 18.1. The summed E-state index contributed by atoms with van der Waals surface area (Å²) in [5, 5.41) is 0. The largest absolute Gasteiger partial charge is 0.464 e. The maximum atomic E-state index is 13.8. The number of esters is 2. The second-order valence-corrected chi connectivity index (χ2v) is 17.6. The zero-order valence-corrected chi connectivity index (χ0v) is 36.5. The topological polar surface area (TPSA) is 85.1 Å². The number of nitrogens with zero attached hydrogens (tertiary/aromatic N) is 2. The molecule has 0 amide bonds. The Morgan fingerprint density at radius 3 is 1.26 bits per heavy atom. The van der Waals surface area contributed by atoms with E-state index in [2.05, 4.69) is 37.5 Å². The molecule has 0 aromatic heterocycles. The average Bonchev–Trinajstić information content (AvgIpc) is 3.19. The van der Waals surface area contributed by atoms with Gasteiger partial charge in [0.25, 0.3) is 0 Å².